The Hall–Kier alpha value is -0.100. The number of piperidine rings is 1. The van der Waals surface area contributed by atoms with E-state index in [-0.39, 0.29) is 11.9 Å². The predicted octanol–water partition coefficient (Wildman–Crippen LogP) is 1.59. The molecule has 1 aliphatic heterocycles. The van der Waals surface area contributed by atoms with Gasteiger partial charge in [0.05, 0.1) is 0 Å². The molecule has 0 spiro atoms. The monoisotopic (exact) mass is 325 g/mol. The third kappa shape index (κ3) is 3.02. The van der Waals surface area contributed by atoms with Crippen LogP contribution in [-0.4, -0.2) is 48.1 Å². The summed E-state index contributed by atoms with van der Waals surface area (Å²) in [5.74, 6) is -0.274. The maximum Gasteiger partial charge on any atom is 0.243 e. The predicted molar refractivity (Wildman–Crippen MR) is 72.1 cm³/mol. The largest absolute Gasteiger partial charge is 0.338 e. The van der Waals surface area contributed by atoms with Crippen molar-refractivity contribution in [1.82, 2.24) is 4.90 Å². The van der Waals surface area contributed by atoms with Crippen molar-refractivity contribution < 1.29 is 13.2 Å². The molecule has 1 atom stereocenters. The Bertz CT molecular complexity index is 392. The van der Waals surface area contributed by atoms with Gasteiger partial charge >= 0.3 is 0 Å². The number of nitrogens with zero attached hydrogens (tertiary/aromatic N) is 1. The molecule has 4 nitrogen and oxygen atoms in total. The molecule has 0 aliphatic carbocycles. The molecule has 0 N–H and O–H groups in total. The Morgan fingerprint density at radius 2 is 2.00 bits per heavy atom. The van der Waals surface area contributed by atoms with Gasteiger partial charge in [-0.15, -0.1) is 0 Å². The number of carbonyl (C=O) groups excluding carboxylic acids is 1. The van der Waals surface area contributed by atoms with Crippen LogP contribution in [0.4, 0.5) is 0 Å². The van der Waals surface area contributed by atoms with Crippen LogP contribution in [0.3, 0.4) is 0 Å². The van der Waals surface area contributed by atoms with Crippen molar-refractivity contribution in [2.75, 3.05) is 18.1 Å². The zero-order valence-electron chi connectivity index (χ0n) is 10.6. The van der Waals surface area contributed by atoms with Gasteiger partial charge in [-0.1, -0.05) is 15.9 Å². The van der Waals surface area contributed by atoms with Gasteiger partial charge in [-0.05, 0) is 33.1 Å². The Balaban J connectivity index is 2.95. The van der Waals surface area contributed by atoms with Crippen molar-refractivity contribution in [2.24, 2.45) is 0 Å². The van der Waals surface area contributed by atoms with Gasteiger partial charge in [0.1, 0.15) is 4.75 Å². The first-order valence-corrected chi connectivity index (χ1v) is 8.79. The summed E-state index contributed by atoms with van der Waals surface area (Å²) in [6.45, 7) is 3.64. The van der Waals surface area contributed by atoms with E-state index in [1.807, 2.05) is 0 Å². The summed E-state index contributed by atoms with van der Waals surface area (Å²) in [4.78, 5) is 14.1. The Morgan fingerprint density at radius 1 is 1.41 bits per heavy atom. The second-order valence-corrected chi connectivity index (χ2v) is 8.30. The second kappa shape index (κ2) is 5.26. The van der Waals surface area contributed by atoms with E-state index >= 15 is 0 Å². The number of sulfone groups is 1. The summed E-state index contributed by atoms with van der Waals surface area (Å²) in [5, 5.41) is 0.707. The Morgan fingerprint density at radius 3 is 2.47 bits per heavy atom. The molecule has 1 fully saturated rings. The number of hydrogen-bond acceptors (Lipinski definition) is 3. The minimum Gasteiger partial charge on any atom is -0.338 e. The van der Waals surface area contributed by atoms with Gasteiger partial charge in [-0.3, -0.25) is 4.79 Å². The molecule has 1 heterocycles. The van der Waals surface area contributed by atoms with Gasteiger partial charge < -0.3 is 4.90 Å². The lowest BCUT2D eigenvalue weighted by molar-refractivity contribution is -0.136. The van der Waals surface area contributed by atoms with Crippen molar-refractivity contribution >= 4 is 31.7 Å². The van der Waals surface area contributed by atoms with Crippen LogP contribution >= 0.6 is 15.9 Å². The smallest absolute Gasteiger partial charge is 0.243 e. The number of alkyl halides is 1. The first-order valence-electron chi connectivity index (χ1n) is 5.78. The van der Waals surface area contributed by atoms with E-state index in [0.717, 1.165) is 25.5 Å². The van der Waals surface area contributed by atoms with Crippen LogP contribution in [0.25, 0.3) is 0 Å². The van der Waals surface area contributed by atoms with Gasteiger partial charge in [0.15, 0.2) is 9.84 Å². The molecule has 1 saturated heterocycles. The zero-order chi connectivity index (χ0) is 13.3. The fourth-order valence-corrected chi connectivity index (χ4v) is 3.04. The minimum absolute atomic E-state index is 0.122. The van der Waals surface area contributed by atoms with Gasteiger partial charge in [-0.25, -0.2) is 8.42 Å². The van der Waals surface area contributed by atoms with Crippen molar-refractivity contribution in [2.45, 2.75) is 43.9 Å². The maximum atomic E-state index is 12.4. The third-order valence-corrected chi connectivity index (χ3v) is 6.28. The molecule has 6 heteroatoms. The summed E-state index contributed by atoms with van der Waals surface area (Å²) in [7, 11) is -3.39. The SMILES string of the molecule is CC(C)(C(=O)N1CCCCC1CBr)S(C)(=O)=O. The van der Waals surface area contributed by atoms with Crippen LogP contribution in [-0.2, 0) is 14.6 Å². The average Bonchev–Trinajstić information content (AvgIpc) is 2.26. The highest BCUT2D eigenvalue weighted by molar-refractivity contribution is 9.09. The van der Waals surface area contributed by atoms with Crippen LogP contribution in [0.5, 0.6) is 0 Å². The van der Waals surface area contributed by atoms with Crippen molar-refractivity contribution in [1.29, 1.82) is 0 Å². The van der Waals surface area contributed by atoms with Crippen LogP contribution < -0.4 is 0 Å². The molecule has 1 amide bonds. The lowest BCUT2D eigenvalue weighted by atomic mass is 10.0. The second-order valence-electron chi connectivity index (χ2n) is 5.08. The fourth-order valence-electron chi connectivity index (χ4n) is 1.93. The third-order valence-electron chi connectivity index (χ3n) is 3.51. The minimum atomic E-state index is -3.39. The van der Waals surface area contributed by atoms with Gasteiger partial charge in [-0.2, -0.15) is 0 Å². The molecule has 1 rings (SSSR count). The molecule has 0 aromatic heterocycles. The first kappa shape index (κ1) is 15.0. The van der Waals surface area contributed by atoms with Gasteiger partial charge in [0.25, 0.3) is 0 Å². The average molecular weight is 326 g/mol. The standard InChI is InChI=1S/C11H20BrNO3S/c1-11(2,17(3,15)16)10(14)13-7-5-4-6-9(13)8-12/h9H,4-8H2,1-3H3. The van der Waals surface area contributed by atoms with E-state index in [4.69, 9.17) is 0 Å². The lowest BCUT2D eigenvalue weighted by Crippen LogP contribution is -2.55. The molecular weight excluding hydrogens is 306 g/mol. The van der Waals surface area contributed by atoms with E-state index in [1.54, 1.807) is 4.90 Å². The normalized spacial score (nSPS) is 22.6. The number of carbonyl (C=O) groups is 1. The summed E-state index contributed by atoms with van der Waals surface area (Å²) in [6, 6.07) is 0.122. The van der Waals surface area contributed by atoms with E-state index in [0.29, 0.717) is 11.9 Å². The molecule has 17 heavy (non-hydrogen) atoms. The lowest BCUT2D eigenvalue weighted by Gasteiger charge is -2.38. The highest BCUT2D eigenvalue weighted by Crippen LogP contribution is 2.25. The van der Waals surface area contributed by atoms with Gasteiger partial charge in [0.2, 0.25) is 5.91 Å². The van der Waals surface area contributed by atoms with Crippen molar-refractivity contribution in [3.8, 4) is 0 Å². The van der Waals surface area contributed by atoms with E-state index in [2.05, 4.69) is 15.9 Å². The van der Waals surface area contributed by atoms with E-state index in [9.17, 15) is 13.2 Å². The quantitative estimate of drug-likeness (QED) is 0.740. The van der Waals surface area contributed by atoms with Crippen molar-refractivity contribution in [3.05, 3.63) is 0 Å². The number of amides is 1. The molecule has 0 saturated carbocycles. The summed E-state index contributed by atoms with van der Waals surface area (Å²) in [5.41, 5.74) is 0. The summed E-state index contributed by atoms with van der Waals surface area (Å²) < 4.78 is 22.0. The number of hydrogen-bond donors (Lipinski definition) is 0. The molecular formula is C11H20BrNO3S. The van der Waals surface area contributed by atoms with Gasteiger partial charge in [0, 0.05) is 24.2 Å². The van der Waals surface area contributed by atoms with Crippen LogP contribution in [0.1, 0.15) is 33.1 Å². The van der Waals surface area contributed by atoms with E-state index < -0.39 is 14.6 Å². The topological polar surface area (TPSA) is 54.5 Å². The zero-order valence-corrected chi connectivity index (χ0v) is 13.0. The Kier molecular flexibility index (Phi) is 4.63. The number of rotatable bonds is 3. The molecule has 0 aromatic carbocycles. The maximum absolute atomic E-state index is 12.4. The van der Waals surface area contributed by atoms with E-state index in [1.165, 1.54) is 13.8 Å². The van der Waals surface area contributed by atoms with Crippen LogP contribution in [0.15, 0.2) is 0 Å². The Labute approximate surface area is 112 Å². The molecule has 0 radical (unpaired) electrons. The number of halogens is 1. The summed E-state index contributed by atoms with van der Waals surface area (Å²) >= 11 is 3.39. The molecule has 0 aromatic rings. The fraction of sp³-hybridized carbons (Fsp3) is 0.909. The van der Waals surface area contributed by atoms with Crippen LogP contribution in [0.2, 0.25) is 0 Å². The molecule has 1 aliphatic rings. The molecule has 0 bridgehead atoms. The highest BCUT2D eigenvalue weighted by atomic mass is 79.9. The summed E-state index contributed by atoms with van der Waals surface area (Å²) in [6.07, 6.45) is 4.11. The van der Waals surface area contributed by atoms with Crippen LogP contribution in [0, 0.1) is 0 Å². The molecule has 1 unspecified atom stereocenters. The highest BCUT2D eigenvalue weighted by Gasteiger charge is 2.43. The molecule has 100 valence electrons. The van der Waals surface area contributed by atoms with Crippen molar-refractivity contribution in [3.63, 3.8) is 0 Å². The number of likely N-dealkylation sites (tertiary alicyclic amines) is 1. The first-order chi connectivity index (χ1) is 7.71.